The van der Waals surface area contributed by atoms with Gasteiger partial charge >= 0.3 is 5.69 Å². The van der Waals surface area contributed by atoms with Crippen LogP contribution in [0.2, 0.25) is 0 Å². The van der Waals surface area contributed by atoms with Crippen molar-refractivity contribution >= 4 is 17.2 Å². The number of hydrogen-bond donors (Lipinski definition) is 1. The van der Waals surface area contributed by atoms with E-state index in [0.29, 0.717) is 12.4 Å². The number of nitro groups is 1. The third-order valence-corrected chi connectivity index (χ3v) is 2.06. The topological polar surface area (TPSA) is 94.5 Å². The molecule has 1 aromatic heterocycles. The lowest BCUT2D eigenvalue weighted by atomic mass is 10.3. The zero-order valence-corrected chi connectivity index (χ0v) is 9.14. The van der Waals surface area contributed by atoms with Crippen LogP contribution in [0.4, 0.5) is 17.2 Å². The highest BCUT2D eigenvalue weighted by molar-refractivity contribution is 5.68. The quantitative estimate of drug-likeness (QED) is 0.603. The van der Waals surface area contributed by atoms with Gasteiger partial charge in [0, 0.05) is 19.7 Å². The molecule has 0 saturated carbocycles. The Kier molecular flexibility index (Phi) is 3.49. The molecular formula is C9H13N4O3. The minimum atomic E-state index is -0.587. The van der Waals surface area contributed by atoms with Crippen molar-refractivity contribution in [1.82, 2.24) is 4.98 Å². The van der Waals surface area contributed by atoms with Crippen molar-refractivity contribution in [2.45, 2.75) is 0 Å². The van der Waals surface area contributed by atoms with E-state index < -0.39 is 4.92 Å². The molecule has 7 heteroatoms. The monoisotopic (exact) mass is 225 g/mol. The smallest absolute Gasteiger partial charge is 0.333 e. The molecule has 0 aliphatic carbocycles. The third-order valence-electron chi connectivity index (χ3n) is 2.06. The van der Waals surface area contributed by atoms with E-state index in [0.717, 1.165) is 0 Å². The molecule has 1 heterocycles. The van der Waals surface area contributed by atoms with Crippen molar-refractivity contribution < 1.29 is 9.66 Å². The normalized spacial score (nSPS) is 9.94. The van der Waals surface area contributed by atoms with Gasteiger partial charge in [0.1, 0.15) is 0 Å². The molecule has 0 saturated heterocycles. The number of nitrogen functional groups attached to an aromatic ring is 1. The number of pyridine rings is 1. The first kappa shape index (κ1) is 12.0. The molecule has 0 fully saturated rings. The highest BCUT2D eigenvalue weighted by Gasteiger charge is 2.20. The lowest BCUT2D eigenvalue weighted by Crippen LogP contribution is -2.19. The molecular weight excluding hydrogens is 212 g/mol. The standard InChI is InChI=1S/C9H13N4O3/c1-4-12(2)8-6(10)5-7(13(14)15)9(11-8)16-3/h5H,1,4,10H2,2-3H3. The van der Waals surface area contributed by atoms with Gasteiger partial charge in [-0.05, 0) is 6.92 Å². The fourth-order valence-corrected chi connectivity index (χ4v) is 1.18. The highest BCUT2D eigenvalue weighted by atomic mass is 16.6. The van der Waals surface area contributed by atoms with Gasteiger partial charge < -0.3 is 15.4 Å². The maximum absolute atomic E-state index is 10.7. The average molecular weight is 225 g/mol. The molecule has 0 aliphatic heterocycles. The van der Waals surface area contributed by atoms with Crippen LogP contribution >= 0.6 is 0 Å². The Morgan fingerprint density at radius 1 is 1.75 bits per heavy atom. The van der Waals surface area contributed by atoms with Gasteiger partial charge in [-0.1, -0.05) is 0 Å². The number of ether oxygens (including phenoxy) is 1. The van der Waals surface area contributed by atoms with Gasteiger partial charge in [0.05, 0.1) is 17.7 Å². The van der Waals surface area contributed by atoms with E-state index >= 15 is 0 Å². The summed E-state index contributed by atoms with van der Waals surface area (Å²) in [6.45, 7) is 4.11. The Balaban J connectivity index is 3.31. The number of rotatable bonds is 4. The van der Waals surface area contributed by atoms with Gasteiger partial charge in [-0.2, -0.15) is 4.98 Å². The molecule has 0 amide bonds. The summed E-state index contributed by atoms with van der Waals surface area (Å²) >= 11 is 0. The number of aromatic nitrogens is 1. The summed E-state index contributed by atoms with van der Waals surface area (Å²) in [5.74, 6) is 0.354. The van der Waals surface area contributed by atoms with E-state index in [-0.39, 0.29) is 17.3 Å². The summed E-state index contributed by atoms with van der Waals surface area (Å²) in [4.78, 5) is 15.7. The Morgan fingerprint density at radius 2 is 2.38 bits per heavy atom. The maximum atomic E-state index is 10.7. The van der Waals surface area contributed by atoms with Crippen LogP contribution in [0.25, 0.3) is 0 Å². The molecule has 87 valence electrons. The van der Waals surface area contributed by atoms with Crippen LogP contribution in [-0.2, 0) is 0 Å². The van der Waals surface area contributed by atoms with Gasteiger partial charge in [-0.3, -0.25) is 10.1 Å². The Labute approximate surface area is 93.0 Å². The average Bonchev–Trinajstić information content (AvgIpc) is 2.27. The zero-order valence-electron chi connectivity index (χ0n) is 9.14. The van der Waals surface area contributed by atoms with Crippen molar-refractivity contribution in [1.29, 1.82) is 0 Å². The van der Waals surface area contributed by atoms with Crippen LogP contribution in [0, 0.1) is 17.0 Å². The molecule has 1 aromatic rings. The fraction of sp³-hybridized carbons (Fsp3) is 0.333. The number of hydrogen-bond acceptors (Lipinski definition) is 6. The minimum absolute atomic E-state index is 0.0606. The molecule has 0 aromatic carbocycles. The second-order valence-electron chi connectivity index (χ2n) is 3.11. The highest BCUT2D eigenvalue weighted by Crippen LogP contribution is 2.32. The molecule has 1 rings (SSSR count). The number of methoxy groups -OCH3 is 1. The first-order valence-electron chi connectivity index (χ1n) is 4.50. The largest absolute Gasteiger partial charge is 0.476 e. The molecule has 0 aliphatic rings. The third kappa shape index (κ3) is 2.13. The van der Waals surface area contributed by atoms with Crippen molar-refractivity contribution in [3.8, 4) is 5.88 Å². The second-order valence-corrected chi connectivity index (χ2v) is 3.11. The van der Waals surface area contributed by atoms with E-state index in [9.17, 15) is 10.1 Å². The van der Waals surface area contributed by atoms with Gasteiger partial charge in [0.2, 0.25) is 0 Å². The lowest BCUT2D eigenvalue weighted by Gasteiger charge is -2.17. The van der Waals surface area contributed by atoms with Crippen molar-refractivity contribution in [2.24, 2.45) is 0 Å². The van der Waals surface area contributed by atoms with E-state index in [2.05, 4.69) is 11.9 Å². The summed E-state index contributed by atoms with van der Waals surface area (Å²) < 4.78 is 4.84. The summed E-state index contributed by atoms with van der Waals surface area (Å²) in [5.41, 5.74) is 5.64. The summed E-state index contributed by atoms with van der Waals surface area (Å²) in [7, 11) is 3.05. The number of nitrogens with zero attached hydrogens (tertiary/aromatic N) is 3. The first-order chi connectivity index (χ1) is 7.51. The molecule has 1 radical (unpaired) electrons. The van der Waals surface area contributed by atoms with Gasteiger partial charge in [-0.15, -0.1) is 0 Å². The Hall–Kier alpha value is -2.05. The van der Waals surface area contributed by atoms with E-state index in [1.54, 1.807) is 11.9 Å². The van der Waals surface area contributed by atoms with Crippen molar-refractivity contribution in [3.63, 3.8) is 0 Å². The molecule has 16 heavy (non-hydrogen) atoms. The SMILES string of the molecule is [CH2]CN(C)c1nc(OC)c([N+](=O)[O-])cc1N. The molecule has 2 N–H and O–H groups in total. The maximum Gasteiger partial charge on any atom is 0.333 e. The van der Waals surface area contributed by atoms with Gasteiger partial charge in [0.25, 0.3) is 5.88 Å². The number of anilines is 2. The van der Waals surface area contributed by atoms with Crippen LogP contribution in [0.1, 0.15) is 0 Å². The lowest BCUT2D eigenvalue weighted by molar-refractivity contribution is -0.386. The minimum Gasteiger partial charge on any atom is -0.476 e. The predicted octanol–water partition coefficient (Wildman–Crippen LogP) is 0.851. The fourth-order valence-electron chi connectivity index (χ4n) is 1.18. The summed E-state index contributed by atoms with van der Waals surface area (Å²) in [5, 5.41) is 10.7. The summed E-state index contributed by atoms with van der Waals surface area (Å²) in [6.07, 6.45) is 0. The molecule has 0 unspecified atom stereocenters. The van der Waals surface area contributed by atoms with Crippen LogP contribution in [0.5, 0.6) is 5.88 Å². The van der Waals surface area contributed by atoms with E-state index in [1.807, 2.05) is 0 Å². The van der Waals surface area contributed by atoms with Crippen LogP contribution in [0.3, 0.4) is 0 Å². The predicted molar refractivity (Wildman–Crippen MR) is 60.5 cm³/mol. The van der Waals surface area contributed by atoms with E-state index in [1.165, 1.54) is 13.2 Å². The van der Waals surface area contributed by atoms with Crippen LogP contribution in [-0.4, -0.2) is 30.6 Å². The van der Waals surface area contributed by atoms with Crippen LogP contribution < -0.4 is 15.4 Å². The summed E-state index contributed by atoms with van der Waals surface area (Å²) in [6, 6.07) is 1.23. The zero-order chi connectivity index (χ0) is 12.3. The van der Waals surface area contributed by atoms with Crippen molar-refractivity contribution in [3.05, 3.63) is 23.1 Å². The van der Waals surface area contributed by atoms with Crippen molar-refractivity contribution in [2.75, 3.05) is 31.3 Å². The molecule has 0 spiro atoms. The molecule has 0 atom stereocenters. The Bertz CT molecular complexity index is 408. The van der Waals surface area contributed by atoms with Gasteiger partial charge in [-0.25, -0.2) is 0 Å². The number of nitrogens with two attached hydrogens (primary N) is 1. The van der Waals surface area contributed by atoms with E-state index in [4.69, 9.17) is 10.5 Å². The first-order valence-corrected chi connectivity index (χ1v) is 4.50. The van der Waals surface area contributed by atoms with Crippen LogP contribution in [0.15, 0.2) is 6.07 Å². The Morgan fingerprint density at radius 3 is 2.81 bits per heavy atom. The van der Waals surface area contributed by atoms with Gasteiger partial charge in [0.15, 0.2) is 5.82 Å². The second kappa shape index (κ2) is 4.65. The molecule has 7 nitrogen and oxygen atoms in total. The molecule has 0 bridgehead atoms.